The number of rotatable bonds is 7. The Morgan fingerprint density at radius 2 is 2.19 bits per heavy atom. The number of hydrogen-bond donors (Lipinski definition) is 3. The van der Waals surface area contributed by atoms with Crippen LogP contribution in [0.1, 0.15) is 30.6 Å². The van der Waals surface area contributed by atoms with Crippen molar-refractivity contribution in [3.63, 3.8) is 0 Å². The Bertz CT molecular complexity index is 828. The van der Waals surface area contributed by atoms with E-state index in [-0.39, 0.29) is 17.6 Å². The molecule has 3 N–H and O–H groups in total. The van der Waals surface area contributed by atoms with E-state index < -0.39 is 0 Å². The molecular formula is C18H27N5O3. The molecule has 0 bridgehead atoms. The quantitative estimate of drug-likeness (QED) is 0.631. The average Bonchev–Trinajstić information content (AvgIpc) is 3.16. The summed E-state index contributed by atoms with van der Waals surface area (Å²) in [4.78, 5) is 29.4. The fraction of sp³-hybridized carbons (Fsp3) is 0.556. The minimum absolute atomic E-state index is 0.0591. The smallest absolute Gasteiger partial charge is 0.326 e. The van der Waals surface area contributed by atoms with Crippen LogP contribution in [0, 0.1) is 0 Å². The first-order chi connectivity index (χ1) is 12.5. The van der Waals surface area contributed by atoms with E-state index in [1.165, 1.54) is 0 Å². The molecule has 1 aromatic carbocycles. The first-order valence-corrected chi connectivity index (χ1v) is 9.06. The maximum atomic E-state index is 12.7. The maximum absolute atomic E-state index is 12.7. The van der Waals surface area contributed by atoms with Crippen LogP contribution >= 0.6 is 0 Å². The molecule has 26 heavy (non-hydrogen) atoms. The summed E-state index contributed by atoms with van der Waals surface area (Å²) in [5.74, 6) is -0.0591. The highest BCUT2D eigenvalue weighted by atomic mass is 16.5. The number of aromatic amines is 1. The summed E-state index contributed by atoms with van der Waals surface area (Å²) in [7, 11) is 1.80. The molecular weight excluding hydrogens is 334 g/mol. The zero-order valence-electron chi connectivity index (χ0n) is 15.5. The van der Waals surface area contributed by atoms with E-state index in [1.807, 2.05) is 13.0 Å². The van der Waals surface area contributed by atoms with Crippen molar-refractivity contribution in [2.45, 2.75) is 38.9 Å². The molecule has 2 heterocycles. The fourth-order valence-electron chi connectivity index (χ4n) is 3.38. The van der Waals surface area contributed by atoms with Crippen molar-refractivity contribution < 1.29 is 9.53 Å². The van der Waals surface area contributed by atoms with Gasteiger partial charge in [-0.25, -0.2) is 4.79 Å². The number of nitrogens with zero attached hydrogens (tertiary/aromatic N) is 2. The molecule has 0 saturated carbocycles. The second-order valence-corrected chi connectivity index (χ2v) is 6.82. The topological polar surface area (TPSA) is 91.4 Å². The van der Waals surface area contributed by atoms with Crippen molar-refractivity contribution >= 4 is 16.9 Å². The Morgan fingerprint density at radius 3 is 2.88 bits per heavy atom. The number of hydrazine groups is 1. The first-order valence-electron chi connectivity index (χ1n) is 9.06. The van der Waals surface area contributed by atoms with Gasteiger partial charge in [0.15, 0.2) is 0 Å². The van der Waals surface area contributed by atoms with Crippen LogP contribution in [-0.4, -0.2) is 59.2 Å². The summed E-state index contributed by atoms with van der Waals surface area (Å²) >= 11 is 0. The molecule has 2 atom stereocenters. The Labute approximate surface area is 152 Å². The van der Waals surface area contributed by atoms with E-state index in [1.54, 1.807) is 28.6 Å². The van der Waals surface area contributed by atoms with Crippen LogP contribution in [0.4, 0.5) is 0 Å². The largest absolute Gasteiger partial charge is 0.380 e. The van der Waals surface area contributed by atoms with E-state index in [9.17, 15) is 9.59 Å². The number of H-pyrrole nitrogens is 1. The third-order valence-electron chi connectivity index (χ3n) is 4.70. The predicted molar refractivity (Wildman–Crippen MR) is 100 cm³/mol. The summed E-state index contributed by atoms with van der Waals surface area (Å²) < 4.78 is 6.97. The molecule has 2 aromatic rings. The number of benzene rings is 1. The SMILES string of the molecule is CCOCCn1c(=O)[nH]c2cc(C(=O)N(C)CC3CC(C)NN3)ccc21. The standard InChI is InChI=1S/C18H27N5O3/c1-4-26-8-7-23-16-6-5-13(10-15(16)19-18(23)25)17(24)22(3)11-14-9-12(2)20-21-14/h5-6,10,12,14,20-21H,4,7-9,11H2,1-3H3,(H,19,25). The van der Waals surface area contributed by atoms with Crippen molar-refractivity contribution in [1.29, 1.82) is 0 Å². The second kappa shape index (κ2) is 8.03. The summed E-state index contributed by atoms with van der Waals surface area (Å²) in [5.41, 5.74) is 8.20. The summed E-state index contributed by atoms with van der Waals surface area (Å²) in [5, 5.41) is 0. The van der Waals surface area contributed by atoms with Crippen molar-refractivity contribution in [3.05, 3.63) is 34.2 Å². The third kappa shape index (κ3) is 3.98. The highest BCUT2D eigenvalue weighted by molar-refractivity contribution is 5.97. The van der Waals surface area contributed by atoms with Gasteiger partial charge >= 0.3 is 5.69 Å². The number of hydrogen-bond acceptors (Lipinski definition) is 5. The van der Waals surface area contributed by atoms with Gasteiger partial charge in [0.05, 0.1) is 24.2 Å². The highest BCUT2D eigenvalue weighted by Gasteiger charge is 2.23. The van der Waals surface area contributed by atoms with Crippen molar-refractivity contribution in [2.75, 3.05) is 26.8 Å². The van der Waals surface area contributed by atoms with Crippen LogP contribution < -0.4 is 16.5 Å². The molecule has 8 nitrogen and oxygen atoms in total. The summed E-state index contributed by atoms with van der Waals surface area (Å²) in [6, 6.07) is 5.98. The molecule has 1 amide bonds. The van der Waals surface area contributed by atoms with Gasteiger partial charge in [-0.2, -0.15) is 0 Å². The second-order valence-electron chi connectivity index (χ2n) is 6.82. The van der Waals surface area contributed by atoms with Crippen molar-refractivity contribution in [3.8, 4) is 0 Å². The van der Waals surface area contributed by atoms with Gasteiger partial charge in [0, 0.05) is 37.8 Å². The number of amides is 1. The van der Waals surface area contributed by atoms with Gasteiger partial charge in [-0.3, -0.25) is 20.2 Å². The van der Waals surface area contributed by atoms with Gasteiger partial charge in [-0.1, -0.05) is 0 Å². The van der Waals surface area contributed by atoms with E-state index in [4.69, 9.17) is 4.74 Å². The molecule has 1 aliphatic heterocycles. The van der Waals surface area contributed by atoms with E-state index in [2.05, 4.69) is 22.8 Å². The van der Waals surface area contributed by atoms with Gasteiger partial charge in [-0.15, -0.1) is 0 Å². The molecule has 1 aromatic heterocycles. The van der Waals surface area contributed by atoms with E-state index in [0.717, 1.165) is 11.9 Å². The van der Waals surface area contributed by atoms with Gasteiger partial charge in [0.2, 0.25) is 0 Å². The lowest BCUT2D eigenvalue weighted by atomic mass is 10.1. The Morgan fingerprint density at radius 1 is 1.38 bits per heavy atom. The zero-order chi connectivity index (χ0) is 18.7. The first kappa shape index (κ1) is 18.6. The number of imidazole rings is 1. The number of nitrogens with one attached hydrogen (secondary N) is 3. The molecule has 0 radical (unpaired) electrons. The molecule has 1 aliphatic rings. The zero-order valence-corrected chi connectivity index (χ0v) is 15.5. The number of carbonyl (C=O) groups is 1. The predicted octanol–water partition coefficient (Wildman–Crippen LogP) is 0.693. The lowest BCUT2D eigenvalue weighted by Crippen LogP contribution is -2.41. The van der Waals surface area contributed by atoms with Crippen molar-refractivity contribution in [2.24, 2.45) is 0 Å². The molecule has 3 rings (SSSR count). The van der Waals surface area contributed by atoms with Gasteiger partial charge in [-0.05, 0) is 38.5 Å². The van der Waals surface area contributed by atoms with Crippen LogP contribution in [0.15, 0.2) is 23.0 Å². The Kier molecular flexibility index (Phi) is 5.75. The normalized spacial score (nSPS) is 20.0. The molecule has 1 saturated heterocycles. The van der Waals surface area contributed by atoms with Gasteiger partial charge in [0.1, 0.15) is 0 Å². The number of likely N-dealkylation sites (N-methyl/N-ethyl adjacent to an activating group) is 1. The van der Waals surface area contributed by atoms with Crippen LogP contribution in [0.5, 0.6) is 0 Å². The molecule has 0 spiro atoms. The lowest BCUT2D eigenvalue weighted by molar-refractivity contribution is 0.0783. The molecule has 1 fully saturated rings. The van der Waals surface area contributed by atoms with Gasteiger partial charge in [0.25, 0.3) is 5.91 Å². The number of fused-ring (bicyclic) bond motifs is 1. The molecule has 2 unspecified atom stereocenters. The maximum Gasteiger partial charge on any atom is 0.326 e. The minimum Gasteiger partial charge on any atom is -0.380 e. The van der Waals surface area contributed by atoms with E-state index >= 15 is 0 Å². The van der Waals surface area contributed by atoms with E-state index in [0.29, 0.717) is 43.4 Å². The highest BCUT2D eigenvalue weighted by Crippen LogP contribution is 2.15. The summed E-state index contributed by atoms with van der Waals surface area (Å²) in [6.45, 7) is 6.23. The van der Waals surface area contributed by atoms with Crippen molar-refractivity contribution in [1.82, 2.24) is 25.3 Å². The summed E-state index contributed by atoms with van der Waals surface area (Å²) in [6.07, 6.45) is 0.979. The monoisotopic (exact) mass is 361 g/mol. The minimum atomic E-state index is -0.187. The third-order valence-corrected chi connectivity index (χ3v) is 4.70. The van der Waals surface area contributed by atoms with Crippen LogP contribution in [0.2, 0.25) is 0 Å². The number of ether oxygens (including phenoxy) is 1. The molecule has 8 heteroatoms. The van der Waals surface area contributed by atoms with Crippen LogP contribution in [0.25, 0.3) is 11.0 Å². The fourth-order valence-corrected chi connectivity index (χ4v) is 3.38. The Hall–Kier alpha value is -2.16. The number of carbonyl (C=O) groups excluding carboxylic acids is 1. The van der Waals surface area contributed by atoms with Crippen LogP contribution in [0.3, 0.4) is 0 Å². The molecule has 0 aliphatic carbocycles. The number of aromatic nitrogens is 2. The van der Waals surface area contributed by atoms with Crippen LogP contribution in [-0.2, 0) is 11.3 Å². The Balaban J connectivity index is 1.73. The average molecular weight is 361 g/mol. The lowest BCUT2D eigenvalue weighted by Gasteiger charge is -2.21. The van der Waals surface area contributed by atoms with Gasteiger partial charge < -0.3 is 14.6 Å². The molecule has 142 valence electrons.